The van der Waals surface area contributed by atoms with Crippen molar-refractivity contribution in [2.75, 3.05) is 11.1 Å². The van der Waals surface area contributed by atoms with E-state index in [9.17, 15) is 13.2 Å². The largest absolute Gasteiger partial charge is 0.480 e. The van der Waals surface area contributed by atoms with Gasteiger partial charge in [-0.15, -0.1) is 0 Å². The number of carbonyl (C=O) groups is 1. The van der Waals surface area contributed by atoms with Crippen LogP contribution >= 0.6 is 0 Å². The van der Waals surface area contributed by atoms with Crippen LogP contribution in [0.25, 0.3) is 0 Å². The zero-order chi connectivity index (χ0) is 15.3. The maximum atomic E-state index is 11.7. The normalized spacial score (nSPS) is 13.2. The summed E-state index contributed by atoms with van der Waals surface area (Å²) in [5, 5.41) is 12.1. The SMILES string of the molecule is CCS(=O)(=O)c1ccc(N[C@H](CC(C)C)C(=O)O)cc1. The van der Waals surface area contributed by atoms with Gasteiger partial charge in [0.2, 0.25) is 0 Å². The van der Waals surface area contributed by atoms with E-state index in [0.29, 0.717) is 12.1 Å². The summed E-state index contributed by atoms with van der Waals surface area (Å²) >= 11 is 0. The van der Waals surface area contributed by atoms with Gasteiger partial charge in [0.25, 0.3) is 0 Å². The van der Waals surface area contributed by atoms with Crippen LogP contribution < -0.4 is 5.32 Å². The van der Waals surface area contributed by atoms with E-state index in [-0.39, 0.29) is 16.6 Å². The fourth-order valence-electron chi connectivity index (χ4n) is 1.82. The molecule has 0 unspecified atom stereocenters. The van der Waals surface area contributed by atoms with Crippen molar-refractivity contribution in [2.24, 2.45) is 5.92 Å². The van der Waals surface area contributed by atoms with Gasteiger partial charge in [0.1, 0.15) is 6.04 Å². The lowest BCUT2D eigenvalue weighted by Gasteiger charge is -2.17. The van der Waals surface area contributed by atoms with Gasteiger partial charge >= 0.3 is 5.97 Å². The average Bonchev–Trinajstić information content (AvgIpc) is 2.38. The second kappa shape index (κ2) is 6.74. The summed E-state index contributed by atoms with van der Waals surface area (Å²) in [7, 11) is -3.22. The van der Waals surface area contributed by atoms with Crippen molar-refractivity contribution in [3.63, 3.8) is 0 Å². The second-order valence-electron chi connectivity index (χ2n) is 5.09. The highest BCUT2D eigenvalue weighted by molar-refractivity contribution is 7.91. The van der Waals surface area contributed by atoms with E-state index < -0.39 is 21.8 Å². The molecule has 5 nitrogen and oxygen atoms in total. The summed E-state index contributed by atoms with van der Waals surface area (Å²) < 4.78 is 23.3. The summed E-state index contributed by atoms with van der Waals surface area (Å²) in [5.41, 5.74) is 0.605. The number of carboxylic acid groups (broad SMARTS) is 1. The van der Waals surface area contributed by atoms with Crippen LogP contribution in [-0.2, 0) is 14.6 Å². The molecule has 0 heterocycles. The Hall–Kier alpha value is -1.56. The molecular weight excluding hydrogens is 278 g/mol. The molecule has 1 aromatic rings. The highest BCUT2D eigenvalue weighted by Gasteiger charge is 2.19. The standard InChI is InChI=1S/C14H21NO4S/c1-4-20(18,19)12-7-5-11(6-8-12)15-13(14(16)17)9-10(2)3/h5-8,10,13,15H,4,9H2,1-3H3,(H,16,17)/t13-/m1/s1. The number of anilines is 1. The monoisotopic (exact) mass is 299 g/mol. The first-order valence-electron chi connectivity index (χ1n) is 6.58. The van der Waals surface area contributed by atoms with Crippen LogP contribution in [-0.4, -0.2) is 31.3 Å². The number of aliphatic carboxylic acids is 1. The molecule has 0 bridgehead atoms. The summed E-state index contributed by atoms with van der Waals surface area (Å²) in [6.45, 7) is 5.49. The Morgan fingerprint density at radius 3 is 2.20 bits per heavy atom. The Kier molecular flexibility index (Phi) is 5.56. The van der Waals surface area contributed by atoms with Gasteiger partial charge in [0.05, 0.1) is 10.6 Å². The van der Waals surface area contributed by atoms with Gasteiger partial charge in [0, 0.05) is 5.69 Å². The number of hydrogen-bond donors (Lipinski definition) is 2. The van der Waals surface area contributed by atoms with E-state index in [1.54, 1.807) is 19.1 Å². The quantitative estimate of drug-likeness (QED) is 0.807. The minimum atomic E-state index is -3.22. The Morgan fingerprint density at radius 2 is 1.80 bits per heavy atom. The van der Waals surface area contributed by atoms with Crippen LogP contribution in [0.4, 0.5) is 5.69 Å². The summed E-state index contributed by atoms with van der Waals surface area (Å²) in [6, 6.07) is 5.51. The molecule has 0 saturated carbocycles. The smallest absolute Gasteiger partial charge is 0.326 e. The van der Waals surface area contributed by atoms with Crippen molar-refractivity contribution in [1.82, 2.24) is 0 Å². The van der Waals surface area contributed by atoms with E-state index in [0.717, 1.165) is 0 Å². The molecule has 112 valence electrons. The zero-order valence-electron chi connectivity index (χ0n) is 12.0. The Labute approximate surface area is 119 Å². The zero-order valence-corrected chi connectivity index (χ0v) is 12.8. The van der Waals surface area contributed by atoms with Crippen LogP contribution in [0.15, 0.2) is 29.2 Å². The minimum Gasteiger partial charge on any atom is -0.480 e. The molecular formula is C14H21NO4S. The summed E-state index contributed by atoms with van der Waals surface area (Å²) in [4.78, 5) is 11.4. The number of hydrogen-bond acceptors (Lipinski definition) is 4. The lowest BCUT2D eigenvalue weighted by atomic mass is 10.0. The number of rotatable bonds is 7. The topological polar surface area (TPSA) is 83.5 Å². The molecule has 1 atom stereocenters. The first kappa shape index (κ1) is 16.5. The van der Waals surface area contributed by atoms with Crippen molar-refractivity contribution in [1.29, 1.82) is 0 Å². The molecule has 6 heteroatoms. The van der Waals surface area contributed by atoms with Gasteiger partial charge in [-0.1, -0.05) is 20.8 Å². The van der Waals surface area contributed by atoms with Crippen LogP contribution in [0, 0.1) is 5.92 Å². The van der Waals surface area contributed by atoms with Crippen LogP contribution in [0.5, 0.6) is 0 Å². The lowest BCUT2D eigenvalue weighted by Crippen LogP contribution is -2.30. The third-order valence-electron chi connectivity index (χ3n) is 2.94. The number of benzene rings is 1. The van der Waals surface area contributed by atoms with Crippen LogP contribution in [0.2, 0.25) is 0 Å². The van der Waals surface area contributed by atoms with Gasteiger partial charge < -0.3 is 10.4 Å². The molecule has 20 heavy (non-hydrogen) atoms. The predicted molar refractivity (Wildman–Crippen MR) is 78.7 cm³/mol. The molecule has 0 aromatic heterocycles. The third kappa shape index (κ3) is 4.52. The van der Waals surface area contributed by atoms with Gasteiger partial charge in [0.15, 0.2) is 9.84 Å². The number of carboxylic acids is 1. The highest BCUT2D eigenvalue weighted by Crippen LogP contribution is 2.17. The molecule has 0 saturated heterocycles. The molecule has 0 aliphatic rings. The van der Waals surface area contributed by atoms with E-state index in [1.807, 2.05) is 13.8 Å². The number of sulfone groups is 1. The maximum Gasteiger partial charge on any atom is 0.326 e. The van der Waals surface area contributed by atoms with Crippen molar-refractivity contribution >= 4 is 21.5 Å². The fraction of sp³-hybridized carbons (Fsp3) is 0.500. The van der Waals surface area contributed by atoms with Crippen LogP contribution in [0.1, 0.15) is 27.2 Å². The summed E-state index contributed by atoms with van der Waals surface area (Å²) in [6.07, 6.45) is 0.504. The highest BCUT2D eigenvalue weighted by atomic mass is 32.2. The fourth-order valence-corrected chi connectivity index (χ4v) is 2.70. The summed E-state index contributed by atoms with van der Waals surface area (Å²) in [5.74, 6) is -0.613. The Balaban J connectivity index is 2.86. The molecule has 0 aliphatic carbocycles. The molecule has 0 amide bonds. The van der Waals surface area contributed by atoms with Gasteiger partial charge in [-0.3, -0.25) is 0 Å². The first-order valence-corrected chi connectivity index (χ1v) is 8.23. The predicted octanol–water partition coefficient (Wildman–Crippen LogP) is 2.39. The van der Waals surface area contributed by atoms with Crippen molar-refractivity contribution in [3.8, 4) is 0 Å². The maximum absolute atomic E-state index is 11.7. The molecule has 1 rings (SSSR count). The first-order chi connectivity index (χ1) is 9.26. The van der Waals surface area contributed by atoms with E-state index in [4.69, 9.17) is 5.11 Å². The van der Waals surface area contributed by atoms with Gasteiger partial charge in [-0.25, -0.2) is 13.2 Å². The third-order valence-corrected chi connectivity index (χ3v) is 4.69. The number of nitrogens with one attached hydrogen (secondary N) is 1. The van der Waals surface area contributed by atoms with Gasteiger partial charge in [-0.2, -0.15) is 0 Å². The molecule has 2 N–H and O–H groups in total. The molecule has 0 fully saturated rings. The van der Waals surface area contributed by atoms with Crippen molar-refractivity contribution < 1.29 is 18.3 Å². The molecule has 0 radical (unpaired) electrons. The van der Waals surface area contributed by atoms with E-state index in [1.165, 1.54) is 12.1 Å². The Morgan fingerprint density at radius 1 is 1.25 bits per heavy atom. The van der Waals surface area contributed by atoms with Crippen molar-refractivity contribution in [3.05, 3.63) is 24.3 Å². The Bertz CT molecular complexity index is 549. The van der Waals surface area contributed by atoms with E-state index >= 15 is 0 Å². The lowest BCUT2D eigenvalue weighted by molar-refractivity contribution is -0.138. The van der Waals surface area contributed by atoms with Crippen molar-refractivity contribution in [2.45, 2.75) is 38.1 Å². The average molecular weight is 299 g/mol. The van der Waals surface area contributed by atoms with E-state index in [2.05, 4.69) is 5.32 Å². The minimum absolute atomic E-state index is 0.0465. The molecule has 1 aromatic carbocycles. The second-order valence-corrected chi connectivity index (χ2v) is 7.37. The van der Waals surface area contributed by atoms with Crippen LogP contribution in [0.3, 0.4) is 0 Å². The molecule has 0 spiro atoms. The van der Waals surface area contributed by atoms with Gasteiger partial charge in [-0.05, 0) is 36.6 Å². The molecule has 0 aliphatic heterocycles.